The van der Waals surface area contributed by atoms with Crippen molar-refractivity contribution >= 4 is 0 Å². The third-order valence-electron chi connectivity index (χ3n) is 2.01. The van der Waals surface area contributed by atoms with Crippen molar-refractivity contribution in [1.82, 2.24) is 5.32 Å². The van der Waals surface area contributed by atoms with Crippen LogP contribution in [-0.4, -0.2) is 25.8 Å². The van der Waals surface area contributed by atoms with Gasteiger partial charge in [-0.25, -0.2) is 0 Å². The normalized spacial score (nSPS) is 12.5. The minimum Gasteiger partial charge on any atom is -0.379 e. The van der Waals surface area contributed by atoms with Gasteiger partial charge in [0.25, 0.3) is 0 Å². The molecule has 0 fully saturated rings. The average Bonchev–Trinajstić information content (AvgIpc) is 1.98. The van der Waals surface area contributed by atoms with Crippen LogP contribution in [0.4, 0.5) is 0 Å². The van der Waals surface area contributed by atoms with Crippen LogP contribution in [0.1, 0.15) is 34.1 Å². The largest absolute Gasteiger partial charge is 0.379 e. The third kappa shape index (κ3) is 6.62. The molecular weight excluding hydrogens is 150 g/mol. The maximum absolute atomic E-state index is 5.30. The van der Waals surface area contributed by atoms with Crippen LogP contribution >= 0.6 is 0 Å². The van der Waals surface area contributed by atoms with Crippen LogP contribution in [0.5, 0.6) is 0 Å². The molecule has 0 aromatic rings. The highest BCUT2D eigenvalue weighted by Crippen LogP contribution is 2.11. The predicted octanol–water partition coefficient (Wildman–Crippen LogP) is 2.05. The topological polar surface area (TPSA) is 21.3 Å². The first-order valence-corrected chi connectivity index (χ1v) is 4.74. The minimum absolute atomic E-state index is 0.0178. The third-order valence-corrected chi connectivity index (χ3v) is 2.01. The fraction of sp³-hybridized carbons (Fsp3) is 1.00. The van der Waals surface area contributed by atoms with Crippen LogP contribution in [0.25, 0.3) is 0 Å². The van der Waals surface area contributed by atoms with Crippen molar-refractivity contribution < 1.29 is 4.74 Å². The number of hydrogen-bond acceptors (Lipinski definition) is 2. The summed E-state index contributed by atoms with van der Waals surface area (Å²) in [4.78, 5) is 0. The summed E-state index contributed by atoms with van der Waals surface area (Å²) in [5, 5.41) is 3.40. The molecule has 12 heavy (non-hydrogen) atoms. The zero-order chi connectivity index (χ0) is 9.61. The number of rotatable bonds is 6. The molecule has 0 aromatic heterocycles. The quantitative estimate of drug-likeness (QED) is 0.621. The van der Waals surface area contributed by atoms with E-state index in [1.165, 1.54) is 0 Å². The molecule has 0 saturated carbocycles. The lowest BCUT2D eigenvalue weighted by atomic mass is 10.1. The Balaban J connectivity index is 3.31. The molecule has 0 spiro atoms. The molecule has 74 valence electrons. The van der Waals surface area contributed by atoms with Gasteiger partial charge in [0.2, 0.25) is 0 Å². The van der Waals surface area contributed by atoms with Crippen molar-refractivity contribution in [2.75, 3.05) is 20.2 Å². The first-order chi connectivity index (χ1) is 5.48. The maximum atomic E-state index is 5.30. The molecule has 0 aliphatic rings. The summed E-state index contributed by atoms with van der Waals surface area (Å²) < 4.78 is 5.30. The van der Waals surface area contributed by atoms with Gasteiger partial charge in [-0.2, -0.15) is 0 Å². The Morgan fingerprint density at radius 3 is 2.33 bits per heavy atom. The minimum atomic E-state index is 0.0178. The van der Waals surface area contributed by atoms with Crippen molar-refractivity contribution in [3.05, 3.63) is 0 Å². The van der Waals surface area contributed by atoms with Crippen LogP contribution in [-0.2, 0) is 4.74 Å². The summed E-state index contributed by atoms with van der Waals surface area (Å²) in [6.07, 6.45) is 1.07. The predicted molar refractivity (Wildman–Crippen MR) is 53.4 cm³/mol. The van der Waals surface area contributed by atoms with E-state index in [1.807, 2.05) is 0 Å². The summed E-state index contributed by atoms with van der Waals surface area (Å²) in [5.74, 6) is 0.732. The van der Waals surface area contributed by atoms with Crippen molar-refractivity contribution in [2.24, 2.45) is 5.92 Å². The lowest BCUT2D eigenvalue weighted by molar-refractivity contribution is 0.0158. The Kier molecular flexibility index (Phi) is 5.51. The van der Waals surface area contributed by atoms with Crippen molar-refractivity contribution in [3.63, 3.8) is 0 Å². The monoisotopic (exact) mass is 173 g/mol. The van der Waals surface area contributed by atoms with E-state index in [9.17, 15) is 0 Å². The van der Waals surface area contributed by atoms with Gasteiger partial charge >= 0.3 is 0 Å². The van der Waals surface area contributed by atoms with Gasteiger partial charge in [0, 0.05) is 7.11 Å². The molecule has 2 nitrogen and oxygen atoms in total. The number of ether oxygens (including phenoxy) is 1. The summed E-state index contributed by atoms with van der Waals surface area (Å²) in [5.41, 5.74) is 0.0178. The Morgan fingerprint density at radius 1 is 1.33 bits per heavy atom. The molecule has 2 heteroatoms. The highest BCUT2D eigenvalue weighted by Gasteiger charge is 2.14. The highest BCUT2D eigenvalue weighted by molar-refractivity contribution is 4.68. The van der Waals surface area contributed by atoms with E-state index in [2.05, 4.69) is 33.0 Å². The average molecular weight is 173 g/mol. The van der Waals surface area contributed by atoms with Crippen molar-refractivity contribution in [1.29, 1.82) is 0 Å². The Hall–Kier alpha value is -0.0800. The van der Waals surface area contributed by atoms with Gasteiger partial charge in [0.05, 0.1) is 5.60 Å². The van der Waals surface area contributed by atoms with Gasteiger partial charge in [-0.15, -0.1) is 0 Å². The summed E-state index contributed by atoms with van der Waals surface area (Å²) in [6, 6.07) is 0. The molecule has 0 amide bonds. The molecule has 0 heterocycles. The van der Waals surface area contributed by atoms with E-state index < -0.39 is 0 Å². The molecule has 0 aromatic carbocycles. The van der Waals surface area contributed by atoms with E-state index >= 15 is 0 Å². The summed E-state index contributed by atoms with van der Waals surface area (Å²) in [7, 11) is 1.77. The Labute approximate surface area is 76.7 Å². The maximum Gasteiger partial charge on any atom is 0.0634 e. The number of nitrogens with one attached hydrogen (secondary N) is 1. The molecule has 0 saturated heterocycles. The van der Waals surface area contributed by atoms with E-state index in [0.29, 0.717) is 0 Å². The standard InChI is InChI=1S/C10H23NO/c1-9(2)8-11-7-6-10(3,4)12-5/h9,11H,6-8H2,1-5H3. The Bertz CT molecular complexity index is 110. The van der Waals surface area contributed by atoms with Crippen molar-refractivity contribution in [2.45, 2.75) is 39.7 Å². The van der Waals surface area contributed by atoms with Gasteiger partial charge in [-0.3, -0.25) is 0 Å². The van der Waals surface area contributed by atoms with Gasteiger partial charge in [-0.05, 0) is 39.3 Å². The molecule has 0 aliphatic heterocycles. The second-order valence-electron chi connectivity index (χ2n) is 4.31. The van der Waals surface area contributed by atoms with Gasteiger partial charge in [0.1, 0.15) is 0 Å². The van der Waals surface area contributed by atoms with Gasteiger partial charge in [-0.1, -0.05) is 13.8 Å². The molecule has 0 unspecified atom stereocenters. The molecule has 1 N–H and O–H groups in total. The zero-order valence-electron chi connectivity index (χ0n) is 9.11. The Morgan fingerprint density at radius 2 is 1.92 bits per heavy atom. The lowest BCUT2D eigenvalue weighted by Crippen LogP contribution is -2.30. The number of hydrogen-bond donors (Lipinski definition) is 1. The van der Waals surface area contributed by atoms with E-state index in [0.717, 1.165) is 25.4 Å². The van der Waals surface area contributed by atoms with E-state index in [-0.39, 0.29) is 5.60 Å². The molecule has 0 radical (unpaired) electrons. The second-order valence-corrected chi connectivity index (χ2v) is 4.31. The van der Waals surface area contributed by atoms with Crippen LogP contribution in [0.15, 0.2) is 0 Å². The fourth-order valence-electron chi connectivity index (χ4n) is 0.882. The van der Waals surface area contributed by atoms with Gasteiger partial charge < -0.3 is 10.1 Å². The molecular formula is C10H23NO. The summed E-state index contributed by atoms with van der Waals surface area (Å²) in [6.45, 7) is 10.8. The number of methoxy groups -OCH3 is 1. The smallest absolute Gasteiger partial charge is 0.0634 e. The second kappa shape index (κ2) is 5.55. The highest BCUT2D eigenvalue weighted by atomic mass is 16.5. The van der Waals surface area contributed by atoms with Crippen molar-refractivity contribution in [3.8, 4) is 0 Å². The van der Waals surface area contributed by atoms with Crippen LogP contribution in [0, 0.1) is 5.92 Å². The first kappa shape index (κ1) is 11.9. The molecule has 0 bridgehead atoms. The molecule has 0 atom stereocenters. The van der Waals surface area contributed by atoms with Crippen LogP contribution in [0.2, 0.25) is 0 Å². The zero-order valence-corrected chi connectivity index (χ0v) is 9.11. The van der Waals surface area contributed by atoms with E-state index in [1.54, 1.807) is 7.11 Å². The SMILES string of the molecule is COC(C)(C)CCNCC(C)C. The van der Waals surface area contributed by atoms with Crippen LogP contribution in [0.3, 0.4) is 0 Å². The summed E-state index contributed by atoms with van der Waals surface area (Å²) >= 11 is 0. The van der Waals surface area contributed by atoms with Gasteiger partial charge in [0.15, 0.2) is 0 Å². The fourth-order valence-corrected chi connectivity index (χ4v) is 0.882. The molecule has 0 rings (SSSR count). The van der Waals surface area contributed by atoms with E-state index in [4.69, 9.17) is 4.74 Å². The lowest BCUT2D eigenvalue weighted by Gasteiger charge is -2.23. The molecule has 0 aliphatic carbocycles. The van der Waals surface area contributed by atoms with Crippen LogP contribution < -0.4 is 5.32 Å². The first-order valence-electron chi connectivity index (χ1n) is 4.74.